The smallest absolute Gasteiger partial charge is 0.280 e. The molecule has 0 aliphatic rings. The monoisotopic (exact) mass is 370 g/mol. The number of nitrogens with zero attached hydrogens (tertiary/aromatic N) is 2. The van der Waals surface area contributed by atoms with Gasteiger partial charge in [-0.15, -0.1) is 0 Å². The minimum atomic E-state index is -3.85. The molecule has 3 aromatic rings. The molecule has 0 unspecified atom stereocenters. The first-order valence-corrected chi connectivity index (χ1v) is 9.03. The van der Waals surface area contributed by atoms with Crippen molar-refractivity contribution < 1.29 is 18.1 Å². The minimum Gasteiger partial charge on any atom is -0.288 e. The van der Waals surface area contributed by atoms with E-state index < -0.39 is 20.7 Å². The number of nitro groups is 1. The van der Waals surface area contributed by atoms with Gasteiger partial charge in [-0.2, -0.15) is 0 Å². The molecular formula is C18H14N2O5S. The van der Waals surface area contributed by atoms with Gasteiger partial charge in [0.15, 0.2) is 0 Å². The molecule has 7 nitrogen and oxygen atoms in total. The SMILES string of the molecule is Cc1ccc(S(=O)(=O)n2ccc(C(=O)c3ccccc3[N+](=O)[O-])c2)cc1. The average Bonchev–Trinajstić information content (AvgIpc) is 3.12. The summed E-state index contributed by atoms with van der Waals surface area (Å²) < 4.78 is 26.2. The van der Waals surface area contributed by atoms with E-state index in [1.165, 1.54) is 48.7 Å². The zero-order valence-corrected chi connectivity index (χ0v) is 14.5. The highest BCUT2D eigenvalue weighted by Gasteiger charge is 2.23. The van der Waals surface area contributed by atoms with Crippen molar-refractivity contribution >= 4 is 21.5 Å². The summed E-state index contributed by atoms with van der Waals surface area (Å²) in [7, 11) is -3.85. The van der Waals surface area contributed by atoms with Crippen LogP contribution in [-0.2, 0) is 10.0 Å². The molecule has 0 saturated heterocycles. The van der Waals surface area contributed by atoms with Crippen LogP contribution in [0.15, 0.2) is 71.9 Å². The molecule has 1 aromatic heterocycles. The summed E-state index contributed by atoms with van der Waals surface area (Å²) in [4.78, 5) is 23.1. The molecule has 0 aliphatic heterocycles. The van der Waals surface area contributed by atoms with Gasteiger partial charge in [0.05, 0.1) is 9.82 Å². The van der Waals surface area contributed by atoms with Crippen molar-refractivity contribution in [2.45, 2.75) is 11.8 Å². The van der Waals surface area contributed by atoms with Crippen molar-refractivity contribution in [2.24, 2.45) is 0 Å². The first-order chi connectivity index (χ1) is 12.3. The lowest BCUT2D eigenvalue weighted by molar-refractivity contribution is -0.385. The number of rotatable bonds is 5. The lowest BCUT2D eigenvalue weighted by atomic mass is 10.0. The van der Waals surface area contributed by atoms with Crippen LogP contribution in [0.2, 0.25) is 0 Å². The Kier molecular flexibility index (Phi) is 4.43. The fourth-order valence-corrected chi connectivity index (χ4v) is 3.67. The summed E-state index contributed by atoms with van der Waals surface area (Å²) >= 11 is 0. The van der Waals surface area contributed by atoms with Crippen LogP contribution >= 0.6 is 0 Å². The average molecular weight is 370 g/mol. The number of hydrogen-bond acceptors (Lipinski definition) is 5. The summed E-state index contributed by atoms with van der Waals surface area (Å²) in [6.45, 7) is 1.84. The van der Waals surface area contributed by atoms with E-state index in [0.29, 0.717) is 0 Å². The molecule has 0 radical (unpaired) electrons. The summed E-state index contributed by atoms with van der Waals surface area (Å²) in [6.07, 6.45) is 2.41. The van der Waals surface area contributed by atoms with Crippen molar-refractivity contribution in [2.75, 3.05) is 0 Å². The van der Waals surface area contributed by atoms with Gasteiger partial charge in [-0.25, -0.2) is 12.4 Å². The van der Waals surface area contributed by atoms with Gasteiger partial charge in [0.25, 0.3) is 15.7 Å². The van der Waals surface area contributed by atoms with E-state index in [0.717, 1.165) is 15.7 Å². The topological polar surface area (TPSA) is 99.3 Å². The molecule has 132 valence electrons. The van der Waals surface area contributed by atoms with Gasteiger partial charge in [-0.05, 0) is 31.2 Å². The standard InChI is InChI=1S/C18H14N2O5S/c1-13-6-8-15(9-7-13)26(24,25)19-11-10-14(12-19)18(21)16-4-2-3-5-17(16)20(22)23/h2-12H,1H3. The van der Waals surface area contributed by atoms with Gasteiger partial charge in [-0.3, -0.25) is 14.9 Å². The van der Waals surface area contributed by atoms with Crippen LogP contribution < -0.4 is 0 Å². The predicted octanol–water partition coefficient (Wildman–Crippen LogP) is 3.17. The molecule has 3 rings (SSSR count). The van der Waals surface area contributed by atoms with Crippen LogP contribution in [0, 0.1) is 17.0 Å². The molecule has 0 atom stereocenters. The quantitative estimate of drug-likeness (QED) is 0.390. The van der Waals surface area contributed by atoms with Gasteiger partial charge >= 0.3 is 0 Å². The molecule has 0 spiro atoms. The van der Waals surface area contributed by atoms with Gasteiger partial charge < -0.3 is 0 Å². The normalized spacial score (nSPS) is 11.3. The van der Waals surface area contributed by atoms with Crippen LogP contribution in [0.4, 0.5) is 5.69 Å². The molecule has 0 amide bonds. The molecule has 0 fully saturated rings. The van der Waals surface area contributed by atoms with Crippen LogP contribution in [-0.4, -0.2) is 23.1 Å². The Hall–Kier alpha value is -3.26. The zero-order chi connectivity index (χ0) is 18.9. The predicted molar refractivity (Wildman–Crippen MR) is 94.7 cm³/mol. The van der Waals surface area contributed by atoms with Crippen molar-refractivity contribution in [3.05, 3.63) is 93.8 Å². The molecule has 0 aliphatic carbocycles. The number of nitro benzene ring substituents is 1. The number of hydrogen-bond donors (Lipinski definition) is 0. The first-order valence-electron chi connectivity index (χ1n) is 7.59. The third-order valence-corrected chi connectivity index (χ3v) is 5.52. The number of para-hydroxylation sites is 1. The molecule has 0 bridgehead atoms. The van der Waals surface area contributed by atoms with Crippen molar-refractivity contribution in [3.8, 4) is 0 Å². The van der Waals surface area contributed by atoms with E-state index in [2.05, 4.69) is 0 Å². The highest BCUT2D eigenvalue weighted by atomic mass is 32.2. The number of aryl methyl sites for hydroxylation is 1. The zero-order valence-electron chi connectivity index (χ0n) is 13.7. The Morgan fingerprint density at radius 2 is 1.69 bits per heavy atom. The molecule has 26 heavy (non-hydrogen) atoms. The minimum absolute atomic E-state index is 0.0509. The molecule has 8 heteroatoms. The fourth-order valence-electron chi connectivity index (χ4n) is 2.47. The molecule has 0 N–H and O–H groups in total. The summed E-state index contributed by atoms with van der Waals surface area (Å²) in [5.74, 6) is -0.616. The Labute approximate surface area is 149 Å². The Bertz CT molecular complexity index is 1100. The van der Waals surface area contributed by atoms with E-state index >= 15 is 0 Å². The van der Waals surface area contributed by atoms with Crippen LogP contribution in [0.25, 0.3) is 0 Å². The number of ketones is 1. The third kappa shape index (κ3) is 3.14. The summed E-state index contributed by atoms with van der Waals surface area (Å²) in [5, 5.41) is 11.1. The highest BCUT2D eigenvalue weighted by molar-refractivity contribution is 7.90. The Balaban J connectivity index is 1.99. The van der Waals surface area contributed by atoms with Crippen molar-refractivity contribution in [1.82, 2.24) is 3.97 Å². The molecular weight excluding hydrogens is 356 g/mol. The maximum Gasteiger partial charge on any atom is 0.280 e. The molecule has 0 saturated carbocycles. The second-order valence-electron chi connectivity index (χ2n) is 5.65. The first kappa shape index (κ1) is 17.6. The van der Waals surface area contributed by atoms with E-state index in [4.69, 9.17) is 0 Å². The fraction of sp³-hybridized carbons (Fsp3) is 0.0556. The van der Waals surface area contributed by atoms with E-state index in [-0.39, 0.29) is 21.7 Å². The van der Waals surface area contributed by atoms with Gasteiger partial charge in [0.2, 0.25) is 5.78 Å². The van der Waals surface area contributed by atoms with Crippen molar-refractivity contribution in [1.29, 1.82) is 0 Å². The largest absolute Gasteiger partial charge is 0.288 e. The highest BCUT2D eigenvalue weighted by Crippen LogP contribution is 2.23. The van der Waals surface area contributed by atoms with Gasteiger partial charge in [-0.1, -0.05) is 29.8 Å². The third-order valence-electron chi connectivity index (χ3n) is 3.87. The second kappa shape index (κ2) is 6.57. The maximum absolute atomic E-state index is 12.6. The Morgan fingerprint density at radius 3 is 2.35 bits per heavy atom. The number of carbonyl (C=O) groups excluding carboxylic acids is 1. The van der Waals surface area contributed by atoms with Crippen molar-refractivity contribution in [3.63, 3.8) is 0 Å². The van der Waals surface area contributed by atoms with E-state index in [1.54, 1.807) is 12.1 Å². The number of aromatic nitrogens is 1. The van der Waals surface area contributed by atoms with E-state index in [9.17, 15) is 23.3 Å². The molecule has 2 aromatic carbocycles. The lowest BCUT2D eigenvalue weighted by Gasteiger charge is -2.06. The number of benzene rings is 2. The van der Waals surface area contributed by atoms with Crippen LogP contribution in [0.3, 0.4) is 0 Å². The summed E-state index contributed by atoms with van der Waals surface area (Å²) in [5.41, 5.74) is 0.549. The van der Waals surface area contributed by atoms with Gasteiger partial charge in [0.1, 0.15) is 5.56 Å². The maximum atomic E-state index is 12.6. The Morgan fingerprint density at radius 1 is 1.04 bits per heavy atom. The second-order valence-corrected chi connectivity index (χ2v) is 7.49. The lowest BCUT2D eigenvalue weighted by Crippen LogP contribution is -2.11. The summed E-state index contributed by atoms with van der Waals surface area (Å²) in [6, 6.07) is 13.2. The molecule has 1 heterocycles. The van der Waals surface area contributed by atoms with E-state index in [1.807, 2.05) is 6.92 Å². The van der Waals surface area contributed by atoms with Crippen LogP contribution in [0.5, 0.6) is 0 Å². The van der Waals surface area contributed by atoms with Crippen LogP contribution in [0.1, 0.15) is 21.5 Å². The van der Waals surface area contributed by atoms with Gasteiger partial charge in [0, 0.05) is 24.0 Å². The number of carbonyl (C=O) groups is 1.